The molecule has 0 heterocycles. The van der Waals surface area contributed by atoms with Crippen molar-refractivity contribution in [1.29, 1.82) is 0 Å². The molecular formula is C6H11O2P. The van der Waals surface area contributed by atoms with Gasteiger partial charge in [0.1, 0.15) is 5.60 Å². The van der Waals surface area contributed by atoms with E-state index in [0.717, 1.165) is 0 Å². The van der Waals surface area contributed by atoms with Gasteiger partial charge in [0.25, 0.3) is 0 Å². The zero-order valence-electron chi connectivity index (χ0n) is 5.89. The molecule has 2 nitrogen and oxygen atoms in total. The minimum absolute atomic E-state index is 0.348. The van der Waals surface area contributed by atoms with E-state index < -0.39 is 0 Å². The lowest BCUT2D eigenvalue weighted by Crippen LogP contribution is -2.23. The van der Waals surface area contributed by atoms with E-state index in [-0.39, 0.29) is 11.6 Å². The number of ether oxygens (including phenoxy) is 1. The highest BCUT2D eigenvalue weighted by atomic mass is 31.0. The molecule has 0 aromatic carbocycles. The van der Waals surface area contributed by atoms with Crippen LogP contribution < -0.4 is 0 Å². The summed E-state index contributed by atoms with van der Waals surface area (Å²) in [7, 11) is 2.91. The average molecular weight is 146 g/mol. The molecule has 0 unspecified atom stereocenters. The molecule has 0 aliphatic carbocycles. The molecule has 0 rings (SSSR count). The maximum atomic E-state index is 10.5. The Balaban J connectivity index is 3.74. The Kier molecular flexibility index (Phi) is 2.86. The van der Waals surface area contributed by atoms with Crippen molar-refractivity contribution in [1.82, 2.24) is 0 Å². The molecule has 0 aromatic rings. The Bertz CT molecular complexity index is 124. The molecule has 0 saturated heterocycles. The predicted octanol–water partition coefficient (Wildman–Crippen LogP) is 1.27. The van der Waals surface area contributed by atoms with Gasteiger partial charge in [0.15, 0.2) is 0 Å². The van der Waals surface area contributed by atoms with Gasteiger partial charge < -0.3 is 4.74 Å². The third-order valence-corrected chi connectivity index (χ3v) is 0.760. The summed E-state index contributed by atoms with van der Waals surface area (Å²) >= 11 is 0. The van der Waals surface area contributed by atoms with Crippen LogP contribution in [0.5, 0.6) is 0 Å². The van der Waals surface area contributed by atoms with Crippen LogP contribution in [0, 0.1) is 0 Å². The summed E-state index contributed by atoms with van der Waals surface area (Å²) in [6, 6.07) is 0. The first-order valence-electron chi connectivity index (χ1n) is 2.69. The number of carbonyl (C=O) groups excluding carboxylic acids is 1. The molecule has 0 aliphatic rings. The quantitative estimate of drug-likeness (QED) is 0.411. The Morgan fingerprint density at radius 2 is 2.00 bits per heavy atom. The highest BCUT2D eigenvalue weighted by molar-refractivity contribution is 7.21. The maximum absolute atomic E-state index is 10.5. The number of rotatable bonds is 1. The van der Waals surface area contributed by atoms with Crippen molar-refractivity contribution < 1.29 is 9.53 Å². The van der Waals surface area contributed by atoms with E-state index >= 15 is 0 Å². The minimum Gasteiger partial charge on any atom is -0.457 e. The molecule has 0 bridgehead atoms. The fourth-order valence-corrected chi connectivity index (χ4v) is 0.390. The van der Waals surface area contributed by atoms with Crippen LogP contribution in [0.15, 0.2) is 0 Å². The van der Waals surface area contributed by atoms with Crippen LogP contribution >= 0.6 is 8.86 Å². The second-order valence-corrected chi connectivity index (χ2v) is 2.97. The molecule has 0 aliphatic heterocycles. The van der Waals surface area contributed by atoms with Gasteiger partial charge in [-0.3, -0.25) is 0 Å². The summed E-state index contributed by atoms with van der Waals surface area (Å²) < 4.78 is 4.84. The lowest BCUT2D eigenvalue weighted by atomic mass is 10.2. The summed E-state index contributed by atoms with van der Waals surface area (Å²) in [5.41, 5.74) is -0.389. The smallest absolute Gasteiger partial charge is 0.335 e. The van der Waals surface area contributed by atoms with Crippen molar-refractivity contribution in [3.8, 4) is 0 Å². The van der Waals surface area contributed by atoms with Gasteiger partial charge in [-0.15, -0.1) is 8.86 Å². The second-order valence-electron chi connectivity index (χ2n) is 2.68. The van der Waals surface area contributed by atoms with Crippen molar-refractivity contribution in [3.05, 3.63) is 0 Å². The van der Waals surface area contributed by atoms with Crippen molar-refractivity contribution in [3.63, 3.8) is 0 Å². The van der Waals surface area contributed by atoms with Gasteiger partial charge >= 0.3 is 5.97 Å². The molecular weight excluding hydrogens is 135 g/mol. The molecule has 0 aromatic heterocycles. The van der Waals surface area contributed by atoms with Gasteiger partial charge in [0.2, 0.25) is 0 Å². The first-order valence-corrected chi connectivity index (χ1v) is 3.27. The van der Waals surface area contributed by atoms with Crippen LogP contribution in [0.3, 0.4) is 0 Å². The highest BCUT2D eigenvalue weighted by Gasteiger charge is 2.13. The average Bonchev–Trinajstić information content (AvgIpc) is 1.62. The van der Waals surface area contributed by atoms with Gasteiger partial charge in [0, 0.05) is 5.80 Å². The van der Waals surface area contributed by atoms with Gasteiger partial charge in [-0.1, -0.05) is 0 Å². The van der Waals surface area contributed by atoms with Crippen LogP contribution in [-0.4, -0.2) is 17.4 Å². The molecule has 0 spiro atoms. The van der Waals surface area contributed by atoms with Crippen LogP contribution in [0.25, 0.3) is 0 Å². The van der Waals surface area contributed by atoms with Crippen LogP contribution in [0.2, 0.25) is 0 Å². The molecule has 0 atom stereocenters. The van der Waals surface area contributed by atoms with Gasteiger partial charge in [0.05, 0.1) is 0 Å². The van der Waals surface area contributed by atoms with Crippen molar-refractivity contribution in [2.24, 2.45) is 0 Å². The van der Waals surface area contributed by atoms with E-state index in [1.54, 1.807) is 0 Å². The SMILES string of the molecule is CC(C)(C)OC(=O)C=P. The number of hydrogen-bond donors (Lipinski definition) is 0. The first-order chi connectivity index (χ1) is 3.95. The molecule has 0 radical (unpaired) electrons. The van der Waals surface area contributed by atoms with E-state index in [2.05, 4.69) is 8.86 Å². The molecule has 0 amide bonds. The van der Waals surface area contributed by atoms with Crippen LogP contribution in [-0.2, 0) is 9.53 Å². The topological polar surface area (TPSA) is 26.3 Å². The van der Waals surface area contributed by atoms with Crippen molar-refractivity contribution in [2.75, 3.05) is 0 Å². The Labute approximate surface area is 57.4 Å². The van der Waals surface area contributed by atoms with Crippen LogP contribution in [0.4, 0.5) is 0 Å². The fraction of sp³-hybridized carbons (Fsp3) is 0.667. The molecule has 3 heteroatoms. The van der Waals surface area contributed by atoms with Gasteiger partial charge in [-0.2, -0.15) is 0 Å². The predicted molar refractivity (Wildman–Crippen MR) is 40.2 cm³/mol. The van der Waals surface area contributed by atoms with E-state index in [4.69, 9.17) is 4.74 Å². The van der Waals surface area contributed by atoms with E-state index in [1.807, 2.05) is 20.8 Å². The third kappa shape index (κ3) is 5.51. The van der Waals surface area contributed by atoms with Crippen LogP contribution in [0.1, 0.15) is 20.8 Å². The summed E-state index contributed by atoms with van der Waals surface area (Å²) in [6.07, 6.45) is 0. The summed E-state index contributed by atoms with van der Waals surface area (Å²) in [4.78, 5) is 10.5. The zero-order valence-corrected chi connectivity index (χ0v) is 6.89. The van der Waals surface area contributed by atoms with E-state index in [0.29, 0.717) is 0 Å². The van der Waals surface area contributed by atoms with E-state index in [1.165, 1.54) is 5.80 Å². The Hall–Kier alpha value is -0.360. The maximum Gasteiger partial charge on any atom is 0.335 e. The molecule has 9 heavy (non-hydrogen) atoms. The first kappa shape index (κ1) is 8.64. The minimum atomic E-state index is -0.389. The van der Waals surface area contributed by atoms with Gasteiger partial charge in [-0.05, 0) is 20.8 Å². The monoisotopic (exact) mass is 146 g/mol. The third-order valence-electron chi connectivity index (χ3n) is 0.525. The zero-order chi connectivity index (χ0) is 7.49. The summed E-state index contributed by atoms with van der Waals surface area (Å²) in [5, 5.41) is 0. The molecule has 52 valence electrons. The molecule has 0 fully saturated rings. The summed E-state index contributed by atoms with van der Waals surface area (Å²) in [6.45, 7) is 5.46. The normalized spacial score (nSPS) is 10.6. The standard InChI is InChI=1S/C6H11O2P/c1-6(2,3)8-5(7)4-9/h4,9H,1-3H3. The Morgan fingerprint density at radius 1 is 1.56 bits per heavy atom. The van der Waals surface area contributed by atoms with Gasteiger partial charge in [-0.25, -0.2) is 4.79 Å². The number of hydrogen-bond acceptors (Lipinski definition) is 2. The second kappa shape index (κ2) is 2.98. The molecule has 0 saturated carbocycles. The largest absolute Gasteiger partial charge is 0.457 e. The van der Waals surface area contributed by atoms with Crippen molar-refractivity contribution in [2.45, 2.75) is 26.4 Å². The lowest BCUT2D eigenvalue weighted by molar-refractivity contribution is -0.145. The van der Waals surface area contributed by atoms with Crippen molar-refractivity contribution >= 4 is 20.6 Å². The number of carbonyl (C=O) groups is 1. The van der Waals surface area contributed by atoms with E-state index in [9.17, 15) is 4.79 Å². The Morgan fingerprint density at radius 3 is 2.11 bits per heavy atom. The fourth-order valence-electron chi connectivity index (χ4n) is 0.331. The molecule has 0 N–H and O–H groups in total. The lowest BCUT2D eigenvalue weighted by Gasteiger charge is -2.17. The number of esters is 1. The highest BCUT2D eigenvalue weighted by Crippen LogP contribution is 2.05. The summed E-state index contributed by atoms with van der Waals surface area (Å²) in [5.74, 6) is 0.866.